The minimum Gasteiger partial charge on any atom is -0.457 e. The molecule has 2 nitrogen and oxygen atoms in total. The summed E-state index contributed by atoms with van der Waals surface area (Å²) < 4.78 is 6.08. The molecule has 0 aliphatic carbocycles. The van der Waals surface area contributed by atoms with E-state index in [1.807, 2.05) is 25.1 Å². The van der Waals surface area contributed by atoms with E-state index in [-0.39, 0.29) is 0 Å². The highest BCUT2D eigenvalue weighted by Crippen LogP contribution is 2.32. The molecule has 3 heteroatoms. The largest absolute Gasteiger partial charge is 0.457 e. The van der Waals surface area contributed by atoms with Crippen LogP contribution in [-0.2, 0) is 0 Å². The van der Waals surface area contributed by atoms with Gasteiger partial charge in [0.25, 0.3) is 0 Å². The van der Waals surface area contributed by atoms with E-state index in [4.69, 9.17) is 22.7 Å². The molecule has 0 bridgehead atoms. The van der Waals surface area contributed by atoms with Gasteiger partial charge in [-0.15, -0.1) is 0 Å². The maximum Gasteiger partial charge on any atom is 0.131 e. The van der Waals surface area contributed by atoms with Crippen molar-refractivity contribution < 1.29 is 4.74 Å². The van der Waals surface area contributed by atoms with Gasteiger partial charge in [0.2, 0.25) is 0 Å². The van der Waals surface area contributed by atoms with Crippen molar-refractivity contribution in [1.29, 1.82) is 0 Å². The molecule has 2 rings (SSSR count). The van der Waals surface area contributed by atoms with Gasteiger partial charge in [0.05, 0.1) is 0 Å². The second-order valence-electron chi connectivity index (χ2n) is 5.64. The van der Waals surface area contributed by atoms with Crippen molar-refractivity contribution in [1.82, 2.24) is 0 Å². The van der Waals surface area contributed by atoms with Gasteiger partial charge in [-0.05, 0) is 60.7 Å². The van der Waals surface area contributed by atoms with Crippen molar-refractivity contribution in [3.8, 4) is 11.5 Å². The number of hydrogen-bond acceptors (Lipinski definition) is 2. The third-order valence-electron chi connectivity index (χ3n) is 3.48. The maximum absolute atomic E-state index is 6.08. The van der Waals surface area contributed by atoms with Crippen LogP contribution in [0, 0.1) is 13.8 Å². The third-order valence-corrected chi connectivity index (χ3v) is 3.70. The topological polar surface area (TPSA) is 35.2 Å². The fraction of sp³-hybridized carbons (Fsp3) is 0.278. The van der Waals surface area contributed by atoms with Crippen molar-refractivity contribution in [3.63, 3.8) is 0 Å². The number of nitrogens with two attached hydrogens (primary N) is 1. The van der Waals surface area contributed by atoms with Crippen molar-refractivity contribution >= 4 is 17.2 Å². The molecule has 0 saturated carbocycles. The minimum absolute atomic E-state index is 0.414. The Labute approximate surface area is 131 Å². The van der Waals surface area contributed by atoms with Gasteiger partial charge >= 0.3 is 0 Å². The lowest BCUT2D eigenvalue weighted by Gasteiger charge is -2.15. The Balaban J connectivity index is 2.36. The van der Waals surface area contributed by atoms with E-state index in [9.17, 15) is 0 Å². The summed E-state index contributed by atoms with van der Waals surface area (Å²) in [4.78, 5) is 0.414. The summed E-state index contributed by atoms with van der Waals surface area (Å²) in [5.74, 6) is 2.13. The van der Waals surface area contributed by atoms with Crippen LogP contribution in [0.3, 0.4) is 0 Å². The predicted molar refractivity (Wildman–Crippen MR) is 92.4 cm³/mol. The molecule has 0 aliphatic heterocycles. The Bertz CT molecular complexity index is 677. The predicted octanol–water partition coefficient (Wildman–Crippen LogP) is 4.85. The van der Waals surface area contributed by atoms with Crippen molar-refractivity contribution in [2.24, 2.45) is 5.73 Å². The molecule has 0 unspecified atom stereocenters. The van der Waals surface area contributed by atoms with Gasteiger partial charge in [-0.2, -0.15) is 0 Å². The molecule has 0 aliphatic rings. The average Bonchev–Trinajstić information content (AvgIpc) is 2.37. The monoisotopic (exact) mass is 299 g/mol. The first kappa shape index (κ1) is 15.5. The van der Waals surface area contributed by atoms with E-state index in [0.717, 1.165) is 22.6 Å². The minimum atomic E-state index is 0.414. The Morgan fingerprint density at radius 2 is 1.81 bits per heavy atom. The smallest absolute Gasteiger partial charge is 0.131 e. The first-order valence-electron chi connectivity index (χ1n) is 7.07. The first-order chi connectivity index (χ1) is 9.88. The standard InChI is InChI=1S/C18H21NOS/c1-11(2)15-7-5-12(3)9-17(15)20-14-6-8-16(18(19)21)13(4)10-14/h5-11H,1-4H3,(H2,19,21). The Hall–Kier alpha value is -1.87. The molecule has 0 amide bonds. The lowest BCUT2D eigenvalue weighted by molar-refractivity contribution is 0.472. The number of aryl methyl sites for hydroxylation is 2. The molecule has 2 aromatic rings. The zero-order valence-electron chi connectivity index (χ0n) is 12.9. The van der Waals surface area contributed by atoms with Crippen LogP contribution in [-0.4, -0.2) is 4.99 Å². The number of thiocarbonyl (C=S) groups is 1. The van der Waals surface area contributed by atoms with Crippen LogP contribution >= 0.6 is 12.2 Å². The van der Waals surface area contributed by atoms with Crippen LogP contribution in [0.15, 0.2) is 36.4 Å². The quantitative estimate of drug-likeness (QED) is 0.819. The summed E-state index contributed by atoms with van der Waals surface area (Å²) in [7, 11) is 0. The zero-order chi connectivity index (χ0) is 15.6. The maximum atomic E-state index is 6.08. The number of rotatable bonds is 4. The SMILES string of the molecule is Cc1ccc(C(C)C)c(Oc2ccc(C(N)=S)c(C)c2)c1. The van der Waals surface area contributed by atoms with Gasteiger partial charge < -0.3 is 10.5 Å². The highest BCUT2D eigenvalue weighted by atomic mass is 32.1. The normalized spacial score (nSPS) is 10.7. The second kappa shape index (κ2) is 6.27. The highest BCUT2D eigenvalue weighted by molar-refractivity contribution is 7.80. The molecular formula is C18H21NOS. The first-order valence-corrected chi connectivity index (χ1v) is 7.48. The van der Waals surface area contributed by atoms with E-state index < -0.39 is 0 Å². The summed E-state index contributed by atoms with van der Waals surface area (Å²) in [5.41, 5.74) is 10.0. The molecule has 0 aromatic heterocycles. The van der Waals surface area contributed by atoms with Crippen LogP contribution in [0.1, 0.15) is 42.0 Å². The molecule has 0 atom stereocenters. The zero-order valence-corrected chi connectivity index (χ0v) is 13.8. The molecule has 0 saturated heterocycles. The number of benzene rings is 2. The fourth-order valence-corrected chi connectivity index (χ4v) is 2.54. The lowest BCUT2D eigenvalue weighted by atomic mass is 10.0. The van der Waals surface area contributed by atoms with E-state index >= 15 is 0 Å². The number of ether oxygens (including phenoxy) is 1. The third kappa shape index (κ3) is 3.61. The Morgan fingerprint density at radius 3 is 2.38 bits per heavy atom. The van der Waals surface area contributed by atoms with Gasteiger partial charge in [-0.25, -0.2) is 0 Å². The lowest BCUT2D eigenvalue weighted by Crippen LogP contribution is -2.10. The van der Waals surface area contributed by atoms with Crippen molar-refractivity contribution in [2.75, 3.05) is 0 Å². The molecule has 0 fully saturated rings. The van der Waals surface area contributed by atoms with Gasteiger partial charge in [0.15, 0.2) is 0 Å². The summed E-state index contributed by atoms with van der Waals surface area (Å²) in [6.45, 7) is 8.39. The van der Waals surface area contributed by atoms with E-state index in [2.05, 4.69) is 39.0 Å². The van der Waals surface area contributed by atoms with Crippen LogP contribution in [0.25, 0.3) is 0 Å². The van der Waals surface area contributed by atoms with Crippen molar-refractivity contribution in [3.05, 3.63) is 58.7 Å². The van der Waals surface area contributed by atoms with Crippen LogP contribution in [0.2, 0.25) is 0 Å². The van der Waals surface area contributed by atoms with Crippen molar-refractivity contribution in [2.45, 2.75) is 33.6 Å². The second-order valence-corrected chi connectivity index (χ2v) is 6.08. The molecule has 21 heavy (non-hydrogen) atoms. The Kier molecular flexibility index (Phi) is 4.63. The molecule has 0 heterocycles. The average molecular weight is 299 g/mol. The summed E-state index contributed by atoms with van der Waals surface area (Å²) in [6.07, 6.45) is 0. The number of hydrogen-bond donors (Lipinski definition) is 1. The fourth-order valence-electron chi connectivity index (χ4n) is 2.31. The molecule has 0 spiro atoms. The summed E-state index contributed by atoms with van der Waals surface area (Å²) in [6, 6.07) is 12.1. The molecule has 0 radical (unpaired) electrons. The highest BCUT2D eigenvalue weighted by Gasteiger charge is 2.10. The van der Waals surface area contributed by atoms with Gasteiger partial charge in [-0.1, -0.05) is 38.2 Å². The molecular weight excluding hydrogens is 278 g/mol. The molecule has 2 N–H and O–H groups in total. The van der Waals surface area contributed by atoms with Crippen LogP contribution < -0.4 is 10.5 Å². The van der Waals surface area contributed by atoms with Crippen LogP contribution in [0.5, 0.6) is 11.5 Å². The molecule has 2 aromatic carbocycles. The molecule has 110 valence electrons. The van der Waals surface area contributed by atoms with E-state index in [1.165, 1.54) is 11.1 Å². The van der Waals surface area contributed by atoms with E-state index in [0.29, 0.717) is 10.9 Å². The van der Waals surface area contributed by atoms with Gasteiger partial charge in [-0.3, -0.25) is 0 Å². The summed E-state index contributed by atoms with van der Waals surface area (Å²) >= 11 is 5.03. The van der Waals surface area contributed by atoms with Gasteiger partial charge in [0.1, 0.15) is 16.5 Å². The Morgan fingerprint density at radius 1 is 1.10 bits per heavy atom. The van der Waals surface area contributed by atoms with Crippen LogP contribution in [0.4, 0.5) is 0 Å². The summed E-state index contributed by atoms with van der Waals surface area (Å²) in [5, 5.41) is 0. The van der Waals surface area contributed by atoms with E-state index in [1.54, 1.807) is 0 Å². The van der Waals surface area contributed by atoms with Gasteiger partial charge in [0, 0.05) is 5.56 Å².